The van der Waals surface area contributed by atoms with Crippen LogP contribution in [0.1, 0.15) is 36.0 Å². The van der Waals surface area contributed by atoms with Crippen molar-refractivity contribution in [2.75, 3.05) is 13.9 Å². The van der Waals surface area contributed by atoms with Crippen LogP contribution in [-0.2, 0) is 0 Å². The van der Waals surface area contributed by atoms with Crippen LogP contribution in [0.4, 0.5) is 0 Å². The van der Waals surface area contributed by atoms with E-state index in [1.807, 2.05) is 0 Å². The summed E-state index contributed by atoms with van der Waals surface area (Å²) in [6.07, 6.45) is 6.50. The molecule has 0 atom stereocenters. The van der Waals surface area contributed by atoms with Gasteiger partial charge in [0.2, 0.25) is 6.79 Å². The number of ether oxygens (including phenoxy) is 4. The second-order valence-electron chi connectivity index (χ2n) is 6.50. The molecule has 0 unspecified atom stereocenters. The van der Waals surface area contributed by atoms with Gasteiger partial charge in [-0.25, -0.2) is 9.97 Å². The first-order chi connectivity index (χ1) is 13.2. The normalized spacial score (nSPS) is 20.8. The summed E-state index contributed by atoms with van der Waals surface area (Å²) in [5, 5.41) is 3.09. The van der Waals surface area contributed by atoms with E-state index in [-0.39, 0.29) is 24.8 Å². The van der Waals surface area contributed by atoms with Gasteiger partial charge in [0.05, 0.1) is 7.11 Å². The first-order valence-electron chi connectivity index (χ1n) is 8.95. The number of nitrogens with one attached hydrogen (secondary N) is 1. The van der Waals surface area contributed by atoms with Crippen LogP contribution in [-0.4, -0.2) is 41.9 Å². The molecule has 8 heteroatoms. The van der Waals surface area contributed by atoms with Crippen LogP contribution in [0.2, 0.25) is 0 Å². The Morgan fingerprint density at radius 2 is 1.81 bits per heavy atom. The fourth-order valence-corrected chi connectivity index (χ4v) is 3.32. The standard InChI is InChI=1S/C19H21N3O5/c1-24-18-19(21-9-8-20-18)27-14-5-3-13(4-6-14)22-17(23)12-2-7-15-16(10-12)26-11-25-15/h2,7-10,13-14H,3-6,11H2,1H3,(H,22,23). The Balaban J connectivity index is 1.30. The zero-order valence-corrected chi connectivity index (χ0v) is 15.0. The molecule has 1 N–H and O–H groups in total. The number of hydrogen-bond donors (Lipinski definition) is 1. The molecule has 2 heterocycles. The molecule has 0 bridgehead atoms. The summed E-state index contributed by atoms with van der Waals surface area (Å²) in [5.41, 5.74) is 0.571. The first-order valence-corrected chi connectivity index (χ1v) is 8.95. The van der Waals surface area contributed by atoms with Gasteiger partial charge in [-0.1, -0.05) is 0 Å². The second-order valence-corrected chi connectivity index (χ2v) is 6.50. The number of fused-ring (bicyclic) bond motifs is 1. The van der Waals surface area contributed by atoms with Crippen molar-refractivity contribution in [2.24, 2.45) is 0 Å². The fraction of sp³-hybridized carbons (Fsp3) is 0.421. The van der Waals surface area contributed by atoms with Crippen molar-refractivity contribution in [2.45, 2.75) is 37.8 Å². The third kappa shape index (κ3) is 3.89. The average Bonchev–Trinajstić information content (AvgIpc) is 3.17. The Bertz CT molecular complexity index is 821. The van der Waals surface area contributed by atoms with Crippen molar-refractivity contribution >= 4 is 5.91 Å². The Labute approximate surface area is 156 Å². The lowest BCUT2D eigenvalue weighted by Gasteiger charge is -2.29. The number of carbonyl (C=O) groups excluding carboxylic acids is 1. The number of carbonyl (C=O) groups is 1. The summed E-state index contributed by atoms with van der Waals surface area (Å²) < 4.78 is 21.7. The maximum Gasteiger partial charge on any atom is 0.278 e. The molecule has 4 rings (SSSR count). The molecule has 2 aliphatic rings. The second kappa shape index (κ2) is 7.69. The minimum atomic E-state index is -0.103. The molecule has 27 heavy (non-hydrogen) atoms. The summed E-state index contributed by atoms with van der Waals surface area (Å²) >= 11 is 0. The average molecular weight is 371 g/mol. The number of benzene rings is 1. The van der Waals surface area contributed by atoms with E-state index >= 15 is 0 Å². The molecule has 0 radical (unpaired) electrons. The lowest BCUT2D eigenvalue weighted by atomic mass is 9.92. The van der Waals surface area contributed by atoms with Gasteiger partial charge in [0.1, 0.15) is 6.10 Å². The molecule has 1 fully saturated rings. The highest BCUT2D eigenvalue weighted by molar-refractivity contribution is 5.95. The number of rotatable bonds is 5. The summed E-state index contributed by atoms with van der Waals surface area (Å²) in [5.74, 6) is 1.97. The van der Waals surface area contributed by atoms with Gasteiger partial charge in [-0.15, -0.1) is 0 Å². The van der Waals surface area contributed by atoms with Gasteiger partial charge in [-0.3, -0.25) is 4.79 Å². The zero-order chi connectivity index (χ0) is 18.6. The third-order valence-electron chi connectivity index (χ3n) is 4.75. The SMILES string of the molecule is COc1nccnc1OC1CCC(NC(=O)c2ccc3c(c2)OCO3)CC1. The van der Waals surface area contributed by atoms with Gasteiger partial charge in [0.15, 0.2) is 11.5 Å². The molecular formula is C19H21N3O5. The van der Waals surface area contributed by atoms with Crippen molar-refractivity contribution in [1.82, 2.24) is 15.3 Å². The number of amides is 1. The molecule has 0 saturated heterocycles. The lowest BCUT2D eigenvalue weighted by Crippen LogP contribution is -2.39. The predicted molar refractivity (Wildman–Crippen MR) is 95.3 cm³/mol. The molecule has 0 spiro atoms. The van der Waals surface area contributed by atoms with E-state index in [4.69, 9.17) is 18.9 Å². The Kier molecular flexibility index (Phi) is 4.95. The summed E-state index contributed by atoms with van der Waals surface area (Å²) in [4.78, 5) is 20.8. The van der Waals surface area contributed by atoms with Gasteiger partial charge in [-0.2, -0.15) is 0 Å². The van der Waals surface area contributed by atoms with Crippen molar-refractivity contribution in [3.63, 3.8) is 0 Å². The summed E-state index contributed by atoms with van der Waals surface area (Å²) in [7, 11) is 1.54. The van der Waals surface area contributed by atoms with Gasteiger partial charge in [0, 0.05) is 24.0 Å². The third-order valence-corrected chi connectivity index (χ3v) is 4.75. The highest BCUT2D eigenvalue weighted by atomic mass is 16.7. The zero-order valence-electron chi connectivity index (χ0n) is 15.0. The number of nitrogens with zero attached hydrogens (tertiary/aromatic N) is 2. The largest absolute Gasteiger partial charge is 0.477 e. The topological polar surface area (TPSA) is 91.8 Å². The molecule has 1 saturated carbocycles. The van der Waals surface area contributed by atoms with Crippen molar-refractivity contribution in [3.05, 3.63) is 36.2 Å². The quantitative estimate of drug-likeness (QED) is 0.862. The van der Waals surface area contributed by atoms with Crippen molar-refractivity contribution in [1.29, 1.82) is 0 Å². The van der Waals surface area contributed by atoms with Gasteiger partial charge >= 0.3 is 0 Å². The van der Waals surface area contributed by atoms with Gasteiger partial charge < -0.3 is 24.3 Å². The molecule has 142 valence electrons. The fourth-order valence-electron chi connectivity index (χ4n) is 3.32. The molecule has 1 aliphatic heterocycles. The number of methoxy groups -OCH3 is 1. The van der Waals surface area contributed by atoms with Gasteiger partial charge in [0.25, 0.3) is 17.7 Å². The Morgan fingerprint density at radius 3 is 2.59 bits per heavy atom. The molecule has 1 amide bonds. The molecule has 8 nitrogen and oxygen atoms in total. The van der Waals surface area contributed by atoms with Crippen molar-refractivity contribution < 1.29 is 23.7 Å². The minimum Gasteiger partial charge on any atom is -0.477 e. The Morgan fingerprint density at radius 1 is 1.07 bits per heavy atom. The van der Waals surface area contributed by atoms with Crippen LogP contribution in [0.3, 0.4) is 0 Å². The predicted octanol–water partition coefficient (Wildman–Crippen LogP) is 2.33. The van der Waals surface area contributed by atoms with E-state index in [2.05, 4.69) is 15.3 Å². The van der Waals surface area contributed by atoms with E-state index < -0.39 is 0 Å². The van der Waals surface area contributed by atoms with Crippen LogP contribution in [0, 0.1) is 0 Å². The Hall–Kier alpha value is -3.03. The maximum absolute atomic E-state index is 12.5. The molecule has 2 aromatic rings. The van der Waals surface area contributed by atoms with Crippen LogP contribution in [0.25, 0.3) is 0 Å². The van der Waals surface area contributed by atoms with E-state index in [0.29, 0.717) is 28.8 Å². The highest BCUT2D eigenvalue weighted by Gasteiger charge is 2.26. The minimum absolute atomic E-state index is 0.0364. The number of aromatic nitrogens is 2. The van der Waals surface area contributed by atoms with E-state index in [1.54, 1.807) is 37.7 Å². The van der Waals surface area contributed by atoms with E-state index in [9.17, 15) is 4.79 Å². The van der Waals surface area contributed by atoms with E-state index in [1.165, 1.54) is 0 Å². The lowest BCUT2D eigenvalue weighted by molar-refractivity contribution is 0.0886. The van der Waals surface area contributed by atoms with E-state index in [0.717, 1.165) is 25.7 Å². The molecule has 1 aliphatic carbocycles. The molecule has 1 aromatic heterocycles. The van der Waals surface area contributed by atoms with Crippen LogP contribution >= 0.6 is 0 Å². The monoisotopic (exact) mass is 371 g/mol. The smallest absolute Gasteiger partial charge is 0.278 e. The van der Waals surface area contributed by atoms with Gasteiger partial charge in [-0.05, 0) is 43.9 Å². The maximum atomic E-state index is 12.5. The molecular weight excluding hydrogens is 350 g/mol. The van der Waals surface area contributed by atoms with Crippen LogP contribution in [0.5, 0.6) is 23.3 Å². The summed E-state index contributed by atoms with van der Waals surface area (Å²) in [6, 6.07) is 5.34. The van der Waals surface area contributed by atoms with Crippen LogP contribution in [0.15, 0.2) is 30.6 Å². The first kappa shape index (κ1) is 17.4. The summed E-state index contributed by atoms with van der Waals surface area (Å²) in [6.45, 7) is 0.195. The van der Waals surface area contributed by atoms with Crippen molar-refractivity contribution in [3.8, 4) is 23.3 Å². The number of hydrogen-bond acceptors (Lipinski definition) is 7. The molecule has 1 aromatic carbocycles. The van der Waals surface area contributed by atoms with Crippen LogP contribution < -0.4 is 24.3 Å². The highest BCUT2D eigenvalue weighted by Crippen LogP contribution is 2.32.